The molecule has 0 aromatic carbocycles. The zero-order valence-electron chi connectivity index (χ0n) is 10.8. The number of hydrogen-bond acceptors (Lipinski definition) is 6. The number of halogens is 1. The van der Waals surface area contributed by atoms with Gasteiger partial charge in [-0.25, -0.2) is 4.98 Å². The van der Waals surface area contributed by atoms with Crippen molar-refractivity contribution in [3.8, 4) is 0 Å². The van der Waals surface area contributed by atoms with Gasteiger partial charge >= 0.3 is 0 Å². The van der Waals surface area contributed by atoms with Crippen molar-refractivity contribution in [2.45, 2.75) is 25.4 Å². The number of aliphatic hydroxyl groups excluding tert-OH is 1. The lowest BCUT2D eigenvalue weighted by Crippen LogP contribution is -2.39. The highest BCUT2D eigenvalue weighted by Gasteiger charge is 2.14. The second-order valence-electron chi connectivity index (χ2n) is 4.83. The Morgan fingerprint density at radius 1 is 1.37 bits per heavy atom. The molecule has 2 heterocycles. The first kappa shape index (κ1) is 14.3. The minimum Gasteiger partial charge on any atom is -0.390 e. The van der Waals surface area contributed by atoms with Gasteiger partial charge in [0.15, 0.2) is 0 Å². The number of aliphatic hydroxyl groups is 1. The van der Waals surface area contributed by atoms with E-state index in [9.17, 15) is 5.11 Å². The fourth-order valence-electron chi connectivity index (χ4n) is 2.25. The molecule has 19 heavy (non-hydrogen) atoms. The smallest absolute Gasteiger partial charge is 0.223 e. The van der Waals surface area contributed by atoms with Crippen molar-refractivity contribution < 1.29 is 5.11 Å². The zero-order valence-corrected chi connectivity index (χ0v) is 11.6. The molecule has 1 aromatic rings. The van der Waals surface area contributed by atoms with Crippen LogP contribution in [0.15, 0.2) is 6.07 Å². The summed E-state index contributed by atoms with van der Waals surface area (Å²) in [6, 6.07) is 1.59. The van der Waals surface area contributed by atoms with Crippen molar-refractivity contribution in [1.29, 1.82) is 0 Å². The van der Waals surface area contributed by atoms with E-state index in [1.54, 1.807) is 6.07 Å². The topological polar surface area (TPSA) is 87.3 Å². The number of aromatic nitrogens is 2. The number of likely N-dealkylation sites (tertiary alicyclic amines) is 1. The number of nitrogen functional groups attached to an aromatic ring is 1. The summed E-state index contributed by atoms with van der Waals surface area (Å²) in [6.45, 7) is 3.25. The SMILES string of the molecule is Nc1nc(Cl)cc(NC[C@H](O)CN2CCCCC2)n1. The summed E-state index contributed by atoms with van der Waals surface area (Å²) in [5.74, 6) is 0.663. The highest BCUT2D eigenvalue weighted by molar-refractivity contribution is 6.29. The largest absolute Gasteiger partial charge is 0.390 e. The highest BCUT2D eigenvalue weighted by Crippen LogP contribution is 2.13. The second-order valence-corrected chi connectivity index (χ2v) is 5.22. The Morgan fingerprint density at radius 2 is 2.11 bits per heavy atom. The molecule has 0 bridgehead atoms. The quantitative estimate of drug-likeness (QED) is 0.699. The lowest BCUT2D eigenvalue weighted by Gasteiger charge is -2.28. The molecule has 106 valence electrons. The van der Waals surface area contributed by atoms with E-state index in [0.717, 1.165) is 13.1 Å². The number of piperidine rings is 1. The standard InChI is InChI=1S/C12H20ClN5O/c13-10-6-11(17-12(14)16-10)15-7-9(19)8-18-4-2-1-3-5-18/h6,9,19H,1-5,7-8H2,(H3,14,15,16,17)/t9-/m0/s1. The van der Waals surface area contributed by atoms with Gasteiger partial charge in [-0.1, -0.05) is 18.0 Å². The van der Waals surface area contributed by atoms with Gasteiger partial charge < -0.3 is 21.1 Å². The molecule has 1 atom stereocenters. The number of nitrogens with zero attached hydrogens (tertiary/aromatic N) is 3. The van der Waals surface area contributed by atoms with Crippen molar-refractivity contribution in [2.24, 2.45) is 0 Å². The van der Waals surface area contributed by atoms with E-state index < -0.39 is 6.10 Å². The maximum atomic E-state index is 9.99. The van der Waals surface area contributed by atoms with E-state index in [1.807, 2.05) is 0 Å². The first-order valence-electron chi connectivity index (χ1n) is 6.58. The van der Waals surface area contributed by atoms with Gasteiger partial charge in [0.05, 0.1) is 6.10 Å². The Balaban J connectivity index is 1.77. The normalized spacial score (nSPS) is 18.2. The van der Waals surface area contributed by atoms with Gasteiger partial charge in [-0.15, -0.1) is 0 Å². The third kappa shape index (κ3) is 4.81. The Labute approximate surface area is 118 Å². The molecular formula is C12H20ClN5O. The molecule has 4 N–H and O–H groups in total. The van der Waals surface area contributed by atoms with Crippen molar-refractivity contribution in [1.82, 2.24) is 14.9 Å². The number of nitrogens with two attached hydrogens (primary N) is 1. The van der Waals surface area contributed by atoms with Gasteiger partial charge in [0.2, 0.25) is 5.95 Å². The van der Waals surface area contributed by atoms with Crippen LogP contribution in [-0.4, -0.2) is 52.3 Å². The minimum absolute atomic E-state index is 0.125. The van der Waals surface area contributed by atoms with Crippen LogP contribution >= 0.6 is 11.6 Å². The van der Waals surface area contributed by atoms with Crippen LogP contribution in [0, 0.1) is 0 Å². The van der Waals surface area contributed by atoms with Crippen LogP contribution in [0.1, 0.15) is 19.3 Å². The Bertz CT molecular complexity index is 391. The number of nitrogens with one attached hydrogen (secondary N) is 1. The summed E-state index contributed by atoms with van der Waals surface area (Å²) in [7, 11) is 0. The van der Waals surface area contributed by atoms with Crippen LogP contribution in [0.3, 0.4) is 0 Å². The fourth-order valence-corrected chi connectivity index (χ4v) is 2.44. The van der Waals surface area contributed by atoms with Crippen LogP contribution < -0.4 is 11.1 Å². The van der Waals surface area contributed by atoms with Crippen LogP contribution in [0.4, 0.5) is 11.8 Å². The van der Waals surface area contributed by atoms with Crippen LogP contribution in [0.5, 0.6) is 0 Å². The molecule has 1 saturated heterocycles. The summed E-state index contributed by atoms with van der Waals surface area (Å²) in [5, 5.41) is 13.3. The second kappa shape index (κ2) is 6.88. The van der Waals surface area contributed by atoms with Crippen molar-refractivity contribution in [3.05, 3.63) is 11.2 Å². The number of anilines is 2. The highest BCUT2D eigenvalue weighted by atomic mass is 35.5. The molecule has 2 rings (SSSR count). The summed E-state index contributed by atoms with van der Waals surface area (Å²) in [4.78, 5) is 10.1. The number of rotatable bonds is 5. The number of β-amino-alcohol motifs (C(OH)–C–C–N with tert-alkyl or cyclic N) is 1. The number of hydrogen-bond donors (Lipinski definition) is 3. The first-order chi connectivity index (χ1) is 9.13. The Kier molecular flexibility index (Phi) is 5.18. The maximum absolute atomic E-state index is 9.99. The fraction of sp³-hybridized carbons (Fsp3) is 0.667. The third-order valence-electron chi connectivity index (χ3n) is 3.15. The van der Waals surface area contributed by atoms with Gasteiger partial charge in [0, 0.05) is 19.2 Å². The lowest BCUT2D eigenvalue weighted by atomic mass is 10.1. The van der Waals surface area contributed by atoms with Crippen molar-refractivity contribution in [2.75, 3.05) is 37.2 Å². The van der Waals surface area contributed by atoms with Crippen LogP contribution in [-0.2, 0) is 0 Å². The summed E-state index contributed by atoms with van der Waals surface area (Å²) in [6.07, 6.45) is 3.30. The van der Waals surface area contributed by atoms with Gasteiger partial charge in [0.1, 0.15) is 11.0 Å². The molecule has 0 unspecified atom stereocenters. The van der Waals surface area contributed by atoms with E-state index in [2.05, 4.69) is 20.2 Å². The summed E-state index contributed by atoms with van der Waals surface area (Å²) >= 11 is 5.78. The lowest BCUT2D eigenvalue weighted by molar-refractivity contribution is 0.109. The van der Waals surface area contributed by atoms with Gasteiger partial charge in [-0.2, -0.15) is 4.98 Å². The molecule has 6 nitrogen and oxygen atoms in total. The minimum atomic E-state index is -0.437. The van der Waals surface area contributed by atoms with E-state index in [-0.39, 0.29) is 5.95 Å². The van der Waals surface area contributed by atoms with E-state index in [0.29, 0.717) is 24.1 Å². The van der Waals surface area contributed by atoms with Crippen molar-refractivity contribution in [3.63, 3.8) is 0 Å². The Hall–Kier alpha value is -1.11. The predicted molar refractivity (Wildman–Crippen MR) is 76.2 cm³/mol. The van der Waals surface area contributed by atoms with Gasteiger partial charge in [-0.05, 0) is 25.9 Å². The summed E-state index contributed by atoms with van der Waals surface area (Å²) in [5.41, 5.74) is 5.50. The molecule has 0 amide bonds. The molecule has 1 aromatic heterocycles. The molecule has 0 saturated carbocycles. The summed E-state index contributed by atoms with van der Waals surface area (Å²) < 4.78 is 0. The van der Waals surface area contributed by atoms with E-state index in [4.69, 9.17) is 17.3 Å². The molecule has 1 aliphatic rings. The average molecular weight is 286 g/mol. The average Bonchev–Trinajstić information content (AvgIpc) is 2.36. The monoisotopic (exact) mass is 285 g/mol. The molecular weight excluding hydrogens is 266 g/mol. The van der Waals surface area contributed by atoms with E-state index in [1.165, 1.54) is 19.3 Å². The molecule has 0 radical (unpaired) electrons. The van der Waals surface area contributed by atoms with Crippen molar-refractivity contribution >= 4 is 23.4 Å². The van der Waals surface area contributed by atoms with Gasteiger partial charge in [0.25, 0.3) is 0 Å². The van der Waals surface area contributed by atoms with Crippen LogP contribution in [0.25, 0.3) is 0 Å². The molecule has 0 aliphatic carbocycles. The van der Waals surface area contributed by atoms with Gasteiger partial charge in [-0.3, -0.25) is 0 Å². The molecule has 0 spiro atoms. The molecule has 1 aliphatic heterocycles. The first-order valence-corrected chi connectivity index (χ1v) is 6.95. The predicted octanol–water partition coefficient (Wildman–Crippen LogP) is 0.971. The molecule has 7 heteroatoms. The van der Waals surface area contributed by atoms with Crippen LogP contribution in [0.2, 0.25) is 5.15 Å². The maximum Gasteiger partial charge on any atom is 0.223 e. The molecule has 1 fully saturated rings. The Morgan fingerprint density at radius 3 is 2.79 bits per heavy atom. The third-order valence-corrected chi connectivity index (χ3v) is 3.34. The zero-order chi connectivity index (χ0) is 13.7. The van der Waals surface area contributed by atoms with E-state index >= 15 is 0 Å².